The second-order valence-corrected chi connectivity index (χ2v) is 4.95. The number of aryl methyl sites for hydroxylation is 1. The van der Waals surface area contributed by atoms with Gasteiger partial charge in [-0.25, -0.2) is 4.98 Å². The van der Waals surface area contributed by atoms with Crippen LogP contribution < -0.4 is 5.32 Å². The second-order valence-electron chi connectivity index (χ2n) is 3.98. The van der Waals surface area contributed by atoms with Crippen molar-refractivity contribution in [3.63, 3.8) is 0 Å². The summed E-state index contributed by atoms with van der Waals surface area (Å²) in [5, 5.41) is 6.58. The van der Waals surface area contributed by atoms with Crippen LogP contribution in [-0.4, -0.2) is 23.1 Å². The summed E-state index contributed by atoms with van der Waals surface area (Å²) >= 11 is 1.72. The summed E-state index contributed by atoms with van der Waals surface area (Å²) in [6.07, 6.45) is 6.82. The average molecular weight is 247 g/mol. The fourth-order valence-corrected chi connectivity index (χ4v) is 2.48. The minimum atomic E-state index is 0.475. The van der Waals surface area contributed by atoms with Gasteiger partial charge in [0.2, 0.25) is 0 Å². The fourth-order valence-electron chi connectivity index (χ4n) is 1.78. The number of hydrogen-bond donors (Lipinski definition) is 1. The normalized spacial score (nSPS) is 12.5. The largest absolute Gasteiger partial charge is 0.317 e. The molecule has 1 N–H and O–H groups in total. The molecule has 2 heterocycles. The van der Waals surface area contributed by atoms with Crippen molar-refractivity contribution < 1.29 is 0 Å². The zero-order valence-corrected chi connectivity index (χ0v) is 10.8. The van der Waals surface area contributed by atoms with E-state index in [1.165, 1.54) is 5.01 Å². The molecule has 0 aliphatic heterocycles. The Morgan fingerprint density at radius 1 is 1.29 bits per heavy atom. The molecule has 2 aromatic heterocycles. The molecule has 3 nitrogen and oxygen atoms in total. The summed E-state index contributed by atoms with van der Waals surface area (Å²) in [5.74, 6) is 0. The maximum atomic E-state index is 4.34. The highest BCUT2D eigenvalue weighted by molar-refractivity contribution is 7.09. The van der Waals surface area contributed by atoms with Gasteiger partial charge in [0.25, 0.3) is 0 Å². The van der Waals surface area contributed by atoms with Gasteiger partial charge in [-0.3, -0.25) is 4.98 Å². The van der Waals surface area contributed by atoms with Gasteiger partial charge in [-0.05, 0) is 32.0 Å². The number of pyridine rings is 1. The smallest absolute Gasteiger partial charge is 0.0940 e. The van der Waals surface area contributed by atoms with E-state index in [9.17, 15) is 0 Å². The van der Waals surface area contributed by atoms with E-state index in [0.29, 0.717) is 6.04 Å². The number of likely N-dealkylation sites (N-methyl/N-ethyl adjacent to an activating group) is 1. The summed E-state index contributed by atoms with van der Waals surface area (Å²) < 4.78 is 0. The predicted molar refractivity (Wildman–Crippen MR) is 71.2 cm³/mol. The van der Waals surface area contributed by atoms with Gasteiger partial charge in [0, 0.05) is 35.9 Å². The van der Waals surface area contributed by atoms with Crippen LogP contribution in [0.5, 0.6) is 0 Å². The zero-order valence-electron chi connectivity index (χ0n) is 9.97. The minimum Gasteiger partial charge on any atom is -0.317 e. The molecule has 4 heteroatoms. The van der Waals surface area contributed by atoms with Crippen molar-refractivity contribution in [3.05, 3.63) is 46.7 Å². The summed E-state index contributed by atoms with van der Waals surface area (Å²) in [6.45, 7) is 0. The molecular formula is C13H17N3S. The van der Waals surface area contributed by atoms with Crippen LogP contribution in [0.15, 0.2) is 36.0 Å². The van der Waals surface area contributed by atoms with Crippen LogP contribution >= 0.6 is 11.3 Å². The zero-order chi connectivity index (χ0) is 11.9. The molecule has 90 valence electrons. The van der Waals surface area contributed by atoms with E-state index < -0.39 is 0 Å². The lowest BCUT2D eigenvalue weighted by Crippen LogP contribution is -2.28. The molecule has 0 spiro atoms. The topological polar surface area (TPSA) is 37.8 Å². The first kappa shape index (κ1) is 12.2. The monoisotopic (exact) mass is 247 g/mol. The number of hydrogen-bond acceptors (Lipinski definition) is 4. The minimum absolute atomic E-state index is 0.475. The van der Waals surface area contributed by atoms with Crippen LogP contribution in [-0.2, 0) is 12.8 Å². The van der Waals surface area contributed by atoms with Gasteiger partial charge in [-0.2, -0.15) is 0 Å². The van der Waals surface area contributed by atoms with Gasteiger partial charge >= 0.3 is 0 Å². The van der Waals surface area contributed by atoms with Gasteiger partial charge in [-0.1, -0.05) is 6.07 Å². The fraction of sp³-hybridized carbons (Fsp3) is 0.385. The third kappa shape index (κ3) is 3.91. The molecule has 2 rings (SSSR count). The Bertz CT molecular complexity index is 413. The predicted octanol–water partition coefficient (Wildman–Crippen LogP) is 2.30. The first-order valence-corrected chi connectivity index (χ1v) is 6.72. The van der Waals surface area contributed by atoms with E-state index >= 15 is 0 Å². The van der Waals surface area contributed by atoms with Gasteiger partial charge in [0.15, 0.2) is 0 Å². The number of aromatic nitrogens is 2. The highest BCUT2D eigenvalue weighted by Crippen LogP contribution is 2.10. The Kier molecular flexibility index (Phi) is 4.64. The lowest BCUT2D eigenvalue weighted by Gasteiger charge is -2.14. The lowest BCUT2D eigenvalue weighted by molar-refractivity contribution is 0.516. The van der Waals surface area contributed by atoms with E-state index in [-0.39, 0.29) is 0 Å². The highest BCUT2D eigenvalue weighted by Gasteiger charge is 2.09. The maximum Gasteiger partial charge on any atom is 0.0940 e. The van der Waals surface area contributed by atoms with Crippen molar-refractivity contribution in [1.82, 2.24) is 15.3 Å². The van der Waals surface area contributed by atoms with Crippen molar-refractivity contribution >= 4 is 11.3 Å². The van der Waals surface area contributed by atoms with Gasteiger partial charge in [-0.15, -0.1) is 11.3 Å². The Labute approximate surface area is 106 Å². The van der Waals surface area contributed by atoms with E-state index in [1.54, 1.807) is 11.3 Å². The molecule has 0 aliphatic rings. The first-order valence-electron chi connectivity index (χ1n) is 5.84. The number of nitrogens with one attached hydrogen (secondary N) is 1. The Hall–Kier alpha value is -1.26. The molecule has 0 radical (unpaired) electrons. The van der Waals surface area contributed by atoms with Crippen LogP contribution in [0.25, 0.3) is 0 Å². The maximum absolute atomic E-state index is 4.34. The first-order chi connectivity index (χ1) is 8.38. The Balaban J connectivity index is 1.84. The molecule has 1 unspecified atom stereocenters. The van der Waals surface area contributed by atoms with E-state index in [0.717, 1.165) is 25.0 Å². The lowest BCUT2D eigenvalue weighted by atomic mass is 10.1. The van der Waals surface area contributed by atoms with Gasteiger partial charge in [0.05, 0.1) is 5.01 Å². The van der Waals surface area contributed by atoms with Crippen LogP contribution in [0.1, 0.15) is 17.1 Å². The van der Waals surface area contributed by atoms with E-state index in [2.05, 4.69) is 21.4 Å². The van der Waals surface area contributed by atoms with Gasteiger partial charge < -0.3 is 5.32 Å². The Morgan fingerprint density at radius 2 is 2.24 bits per heavy atom. The molecule has 0 saturated carbocycles. The molecule has 0 aliphatic carbocycles. The van der Waals surface area contributed by atoms with Crippen molar-refractivity contribution in [2.24, 2.45) is 0 Å². The third-order valence-corrected chi connectivity index (χ3v) is 3.59. The molecule has 0 aromatic carbocycles. The quantitative estimate of drug-likeness (QED) is 0.851. The molecule has 1 atom stereocenters. The van der Waals surface area contributed by atoms with Crippen LogP contribution in [0.3, 0.4) is 0 Å². The Morgan fingerprint density at radius 3 is 2.88 bits per heavy atom. The third-order valence-electron chi connectivity index (χ3n) is 2.79. The van der Waals surface area contributed by atoms with E-state index in [4.69, 9.17) is 0 Å². The van der Waals surface area contributed by atoms with Gasteiger partial charge in [0.1, 0.15) is 0 Å². The summed E-state index contributed by atoms with van der Waals surface area (Å²) in [4.78, 5) is 8.66. The summed E-state index contributed by atoms with van der Waals surface area (Å²) in [5.41, 5.74) is 1.16. The van der Waals surface area contributed by atoms with Crippen LogP contribution in [0.4, 0.5) is 0 Å². The summed E-state index contributed by atoms with van der Waals surface area (Å²) in [6, 6.07) is 6.55. The van der Waals surface area contributed by atoms with Crippen LogP contribution in [0, 0.1) is 0 Å². The molecule has 17 heavy (non-hydrogen) atoms. The molecular weight excluding hydrogens is 230 g/mol. The number of rotatable bonds is 6. The van der Waals surface area contributed by atoms with Crippen molar-refractivity contribution in [1.29, 1.82) is 0 Å². The average Bonchev–Trinajstić information content (AvgIpc) is 2.88. The molecule has 0 amide bonds. The molecule has 2 aromatic rings. The number of thiazole rings is 1. The second kappa shape index (κ2) is 6.47. The molecule has 0 saturated heterocycles. The molecule has 0 bridgehead atoms. The number of nitrogens with zero attached hydrogens (tertiary/aromatic N) is 2. The van der Waals surface area contributed by atoms with Crippen molar-refractivity contribution in [2.45, 2.75) is 25.3 Å². The SMILES string of the molecule is CNC(CCc1ccccn1)Cc1nccs1. The van der Waals surface area contributed by atoms with Crippen molar-refractivity contribution in [2.75, 3.05) is 7.05 Å². The highest BCUT2D eigenvalue weighted by atomic mass is 32.1. The summed E-state index contributed by atoms with van der Waals surface area (Å²) in [7, 11) is 2.01. The van der Waals surface area contributed by atoms with Crippen molar-refractivity contribution in [3.8, 4) is 0 Å². The molecule has 0 fully saturated rings. The van der Waals surface area contributed by atoms with Crippen LogP contribution in [0.2, 0.25) is 0 Å². The van der Waals surface area contributed by atoms with E-state index in [1.807, 2.05) is 37.0 Å². The standard InChI is InChI=1S/C13H17N3S/c1-14-12(10-13-16-8-9-17-13)6-5-11-4-2-3-7-15-11/h2-4,7-9,12,14H,5-6,10H2,1H3.